The van der Waals surface area contributed by atoms with Crippen molar-refractivity contribution in [1.82, 2.24) is 4.98 Å². The maximum atomic E-state index is 5.77. The summed E-state index contributed by atoms with van der Waals surface area (Å²) in [5, 5.41) is 3.09. The molecule has 20 heavy (non-hydrogen) atoms. The first kappa shape index (κ1) is 14.7. The molecule has 1 aromatic carbocycles. The lowest BCUT2D eigenvalue weighted by Crippen LogP contribution is -2.37. The molecule has 2 rings (SSSR count). The van der Waals surface area contributed by atoms with Gasteiger partial charge in [-0.1, -0.05) is 12.1 Å². The second-order valence-corrected chi connectivity index (χ2v) is 5.43. The highest BCUT2D eigenvalue weighted by Gasteiger charge is 2.11. The van der Waals surface area contributed by atoms with Crippen LogP contribution < -0.4 is 15.4 Å². The lowest BCUT2D eigenvalue weighted by molar-refractivity contribution is 0.340. The third-order valence-electron chi connectivity index (χ3n) is 2.75. The molecule has 0 bridgehead atoms. The minimum absolute atomic E-state index is 0.348. The summed E-state index contributed by atoms with van der Waals surface area (Å²) in [6, 6.07) is 8.07. The van der Waals surface area contributed by atoms with Crippen molar-refractivity contribution in [2.24, 2.45) is 5.73 Å². The highest BCUT2D eigenvalue weighted by Crippen LogP contribution is 2.19. The molecule has 0 fully saturated rings. The van der Waals surface area contributed by atoms with Crippen LogP contribution in [0.25, 0.3) is 0 Å². The Hall–Kier alpha value is -1.66. The highest BCUT2D eigenvalue weighted by atomic mass is 32.1. The molecule has 0 spiro atoms. The normalized spacial score (nSPS) is 10.2. The first-order chi connectivity index (χ1) is 9.70. The van der Waals surface area contributed by atoms with E-state index in [1.807, 2.05) is 35.4 Å². The maximum absolute atomic E-state index is 5.77. The number of rotatable bonds is 6. The maximum Gasteiger partial charge on any atom is 0.191 e. The molecule has 0 saturated heterocycles. The molecule has 1 aromatic heterocycles. The smallest absolute Gasteiger partial charge is 0.191 e. The predicted molar refractivity (Wildman–Crippen MR) is 87.6 cm³/mol. The van der Waals surface area contributed by atoms with Crippen LogP contribution >= 0.6 is 23.6 Å². The average molecular weight is 307 g/mol. The molecular weight excluding hydrogens is 290 g/mol. The van der Waals surface area contributed by atoms with E-state index in [0.717, 1.165) is 17.3 Å². The summed E-state index contributed by atoms with van der Waals surface area (Å²) in [6.45, 7) is 3.35. The number of hydrogen-bond donors (Lipinski definition) is 1. The van der Waals surface area contributed by atoms with Gasteiger partial charge in [-0.3, -0.25) is 4.90 Å². The average Bonchev–Trinajstić information content (AvgIpc) is 2.93. The summed E-state index contributed by atoms with van der Waals surface area (Å²) < 4.78 is 5.50. The molecule has 1 heterocycles. The Balaban J connectivity index is 2.02. The van der Waals surface area contributed by atoms with E-state index < -0.39 is 0 Å². The first-order valence-corrected chi connectivity index (χ1v) is 7.67. The predicted octanol–water partition coefficient (Wildman–Crippen LogP) is 2.83. The Bertz CT molecular complexity index is 557. The monoisotopic (exact) mass is 307 g/mol. The first-order valence-electron chi connectivity index (χ1n) is 6.39. The summed E-state index contributed by atoms with van der Waals surface area (Å²) in [7, 11) is 0. The van der Waals surface area contributed by atoms with Crippen molar-refractivity contribution < 1.29 is 4.74 Å². The molecule has 0 unspecified atom stereocenters. The molecule has 2 aromatic rings. The van der Waals surface area contributed by atoms with Gasteiger partial charge < -0.3 is 10.5 Å². The zero-order valence-corrected chi connectivity index (χ0v) is 12.9. The number of anilines is 1. The van der Waals surface area contributed by atoms with Crippen LogP contribution in [0.1, 0.15) is 12.5 Å². The van der Waals surface area contributed by atoms with Crippen molar-refractivity contribution >= 4 is 33.8 Å². The van der Waals surface area contributed by atoms with E-state index >= 15 is 0 Å². The van der Waals surface area contributed by atoms with Gasteiger partial charge >= 0.3 is 0 Å². The Morgan fingerprint density at radius 3 is 3.00 bits per heavy atom. The van der Waals surface area contributed by atoms with E-state index in [9.17, 15) is 0 Å². The van der Waals surface area contributed by atoms with Gasteiger partial charge in [0.2, 0.25) is 0 Å². The SMILES string of the molecule is CCOc1cccc(CCN(C(N)=S)c2nccs2)c1. The van der Waals surface area contributed by atoms with Crippen molar-refractivity contribution in [3.8, 4) is 5.75 Å². The van der Waals surface area contributed by atoms with E-state index in [-0.39, 0.29) is 0 Å². The number of hydrogen-bond acceptors (Lipinski definition) is 4. The third-order valence-corrected chi connectivity index (χ3v) is 3.76. The van der Waals surface area contributed by atoms with E-state index in [1.165, 1.54) is 16.9 Å². The Morgan fingerprint density at radius 2 is 2.35 bits per heavy atom. The van der Waals surface area contributed by atoms with Gasteiger partial charge in [0, 0.05) is 18.1 Å². The zero-order valence-electron chi connectivity index (χ0n) is 11.3. The Morgan fingerprint density at radius 1 is 1.50 bits per heavy atom. The van der Waals surface area contributed by atoms with Gasteiger partial charge in [-0.2, -0.15) is 0 Å². The molecule has 0 amide bonds. The van der Waals surface area contributed by atoms with Crippen LogP contribution in [0.5, 0.6) is 5.75 Å². The molecule has 6 heteroatoms. The van der Waals surface area contributed by atoms with Gasteiger partial charge in [0.05, 0.1) is 6.61 Å². The van der Waals surface area contributed by atoms with Crippen molar-refractivity contribution in [2.45, 2.75) is 13.3 Å². The number of thiazole rings is 1. The largest absolute Gasteiger partial charge is 0.494 e. The summed E-state index contributed by atoms with van der Waals surface area (Å²) >= 11 is 6.62. The van der Waals surface area contributed by atoms with Crippen molar-refractivity contribution in [3.63, 3.8) is 0 Å². The topological polar surface area (TPSA) is 51.4 Å². The second kappa shape index (κ2) is 7.21. The molecule has 0 radical (unpaired) electrons. The van der Waals surface area contributed by atoms with Crippen LogP contribution in [-0.4, -0.2) is 23.2 Å². The van der Waals surface area contributed by atoms with Gasteiger partial charge in [-0.15, -0.1) is 11.3 Å². The molecule has 0 aliphatic heterocycles. The van der Waals surface area contributed by atoms with Crippen molar-refractivity contribution in [2.75, 3.05) is 18.1 Å². The lowest BCUT2D eigenvalue weighted by Gasteiger charge is -2.19. The molecule has 106 valence electrons. The van der Waals surface area contributed by atoms with E-state index in [1.54, 1.807) is 6.20 Å². The number of nitrogens with zero attached hydrogens (tertiary/aromatic N) is 2. The van der Waals surface area contributed by atoms with Crippen LogP contribution in [0.4, 0.5) is 5.13 Å². The summed E-state index contributed by atoms with van der Waals surface area (Å²) in [6.07, 6.45) is 2.58. The van der Waals surface area contributed by atoms with Gasteiger partial charge in [0.15, 0.2) is 10.2 Å². The molecule has 0 aliphatic carbocycles. The number of ether oxygens (including phenoxy) is 1. The van der Waals surface area contributed by atoms with E-state index in [4.69, 9.17) is 22.7 Å². The van der Waals surface area contributed by atoms with Gasteiger partial charge in [-0.25, -0.2) is 4.98 Å². The minimum Gasteiger partial charge on any atom is -0.494 e. The molecule has 4 nitrogen and oxygen atoms in total. The summed E-state index contributed by atoms with van der Waals surface area (Å²) in [5.41, 5.74) is 6.96. The number of aromatic nitrogens is 1. The number of nitrogens with two attached hydrogens (primary N) is 1. The zero-order chi connectivity index (χ0) is 14.4. The van der Waals surface area contributed by atoms with Crippen LogP contribution in [0.3, 0.4) is 0 Å². The fourth-order valence-corrected chi connectivity index (χ4v) is 2.77. The van der Waals surface area contributed by atoms with Crippen molar-refractivity contribution in [1.29, 1.82) is 0 Å². The second-order valence-electron chi connectivity index (χ2n) is 4.13. The summed E-state index contributed by atoms with van der Waals surface area (Å²) in [4.78, 5) is 6.10. The summed E-state index contributed by atoms with van der Waals surface area (Å²) in [5.74, 6) is 0.890. The Kier molecular flexibility index (Phi) is 5.31. The molecule has 0 aliphatic rings. The van der Waals surface area contributed by atoms with Gasteiger partial charge in [-0.05, 0) is 43.3 Å². The number of thiocarbonyl (C=S) groups is 1. The highest BCUT2D eigenvalue weighted by molar-refractivity contribution is 7.80. The van der Waals surface area contributed by atoms with Crippen LogP contribution in [0, 0.1) is 0 Å². The molecule has 0 atom stereocenters. The van der Waals surface area contributed by atoms with Crippen LogP contribution in [-0.2, 0) is 6.42 Å². The number of benzene rings is 1. The molecule has 2 N–H and O–H groups in total. The quantitative estimate of drug-likeness (QED) is 0.832. The molecule has 0 saturated carbocycles. The fourth-order valence-electron chi connectivity index (χ4n) is 1.85. The standard InChI is InChI=1S/C14H17N3OS2/c1-2-18-12-5-3-4-11(10-12)6-8-17(13(15)19)14-16-7-9-20-14/h3-5,7,9-10H,2,6,8H2,1H3,(H2,15,19). The van der Waals surface area contributed by atoms with Gasteiger partial charge in [0.25, 0.3) is 0 Å². The van der Waals surface area contributed by atoms with Gasteiger partial charge in [0.1, 0.15) is 5.75 Å². The Labute approximate surface area is 128 Å². The van der Waals surface area contributed by atoms with E-state index in [0.29, 0.717) is 18.3 Å². The fraction of sp³-hybridized carbons (Fsp3) is 0.286. The van der Waals surface area contributed by atoms with E-state index in [2.05, 4.69) is 11.1 Å². The molecular formula is C14H17N3OS2. The van der Waals surface area contributed by atoms with Crippen molar-refractivity contribution in [3.05, 3.63) is 41.4 Å². The third kappa shape index (κ3) is 3.91. The van der Waals surface area contributed by atoms with Crippen LogP contribution in [0.2, 0.25) is 0 Å². The minimum atomic E-state index is 0.348. The van der Waals surface area contributed by atoms with Crippen LogP contribution in [0.15, 0.2) is 35.8 Å². The lowest BCUT2D eigenvalue weighted by atomic mass is 10.1.